The van der Waals surface area contributed by atoms with Crippen molar-refractivity contribution in [3.05, 3.63) is 86.1 Å². The number of carbonyl (C=O) groups excluding carboxylic acids is 1. The van der Waals surface area contributed by atoms with Gasteiger partial charge in [0.05, 0.1) is 10.7 Å². The third kappa shape index (κ3) is 3.92. The van der Waals surface area contributed by atoms with Gasteiger partial charge in [0, 0.05) is 10.7 Å². The molecule has 0 aliphatic rings. The minimum Gasteiger partial charge on any atom is -0.321 e. The third-order valence-electron chi connectivity index (χ3n) is 3.69. The van der Waals surface area contributed by atoms with Crippen LogP contribution >= 0.6 is 23.2 Å². The molecule has 0 fully saturated rings. The summed E-state index contributed by atoms with van der Waals surface area (Å²) in [5.74, 6) is -0.555. The molecule has 0 aliphatic heterocycles. The Morgan fingerprint density at radius 1 is 1.00 bits per heavy atom. The van der Waals surface area contributed by atoms with Crippen LogP contribution in [0.2, 0.25) is 10.0 Å². The van der Waals surface area contributed by atoms with Gasteiger partial charge in [0.15, 0.2) is 0 Å². The third-order valence-corrected chi connectivity index (χ3v) is 4.26. The maximum Gasteiger partial charge on any atom is 0.261 e. The highest BCUT2D eigenvalue weighted by Gasteiger charge is 2.13. The van der Waals surface area contributed by atoms with E-state index in [1.165, 1.54) is 12.1 Å². The van der Waals surface area contributed by atoms with E-state index in [2.05, 4.69) is 10.3 Å². The topological polar surface area (TPSA) is 62.0 Å². The molecule has 4 nitrogen and oxygen atoms in total. The van der Waals surface area contributed by atoms with Crippen LogP contribution in [0.15, 0.2) is 59.4 Å². The molecule has 2 N–H and O–H groups in total. The SMILES string of the molecule is Cc1ccc(-c2ccc(C(=O)Nc3cc(Cl)ccc3Cl)c(=O)[nH]2)cc1. The lowest BCUT2D eigenvalue weighted by Gasteiger charge is -2.08. The van der Waals surface area contributed by atoms with E-state index in [4.69, 9.17) is 23.2 Å². The summed E-state index contributed by atoms with van der Waals surface area (Å²) in [7, 11) is 0. The molecule has 1 amide bonds. The second-order valence-corrected chi connectivity index (χ2v) is 6.40. The molecule has 3 rings (SSSR count). The van der Waals surface area contributed by atoms with Gasteiger partial charge in [0.25, 0.3) is 11.5 Å². The van der Waals surface area contributed by atoms with E-state index in [1.54, 1.807) is 18.2 Å². The number of rotatable bonds is 3. The second kappa shape index (κ2) is 7.13. The van der Waals surface area contributed by atoms with Crippen molar-refractivity contribution in [2.75, 3.05) is 5.32 Å². The molecule has 1 heterocycles. The number of aryl methyl sites for hydroxylation is 1. The van der Waals surface area contributed by atoms with Gasteiger partial charge in [-0.05, 0) is 42.8 Å². The first-order valence-electron chi connectivity index (χ1n) is 7.51. The van der Waals surface area contributed by atoms with Crippen LogP contribution in [-0.4, -0.2) is 10.9 Å². The summed E-state index contributed by atoms with van der Waals surface area (Å²) < 4.78 is 0. The van der Waals surface area contributed by atoms with E-state index in [-0.39, 0.29) is 5.56 Å². The number of aromatic amines is 1. The largest absolute Gasteiger partial charge is 0.321 e. The van der Waals surface area contributed by atoms with Gasteiger partial charge in [-0.2, -0.15) is 0 Å². The van der Waals surface area contributed by atoms with Crippen LogP contribution in [0.4, 0.5) is 5.69 Å². The fraction of sp³-hybridized carbons (Fsp3) is 0.0526. The van der Waals surface area contributed by atoms with Gasteiger partial charge >= 0.3 is 0 Å². The van der Waals surface area contributed by atoms with E-state index < -0.39 is 11.5 Å². The average molecular weight is 373 g/mol. The van der Waals surface area contributed by atoms with Crippen molar-refractivity contribution in [2.45, 2.75) is 6.92 Å². The molecule has 0 spiro atoms. The Labute approximate surface area is 154 Å². The van der Waals surface area contributed by atoms with Crippen molar-refractivity contribution < 1.29 is 4.79 Å². The molecule has 0 bridgehead atoms. The lowest BCUT2D eigenvalue weighted by Crippen LogP contribution is -2.23. The van der Waals surface area contributed by atoms with Gasteiger partial charge in [-0.15, -0.1) is 0 Å². The van der Waals surface area contributed by atoms with Crippen LogP contribution in [0.25, 0.3) is 11.3 Å². The summed E-state index contributed by atoms with van der Waals surface area (Å²) in [5.41, 5.74) is 2.50. The fourth-order valence-electron chi connectivity index (χ4n) is 2.34. The van der Waals surface area contributed by atoms with Crippen LogP contribution in [0.1, 0.15) is 15.9 Å². The Hall–Kier alpha value is -2.56. The highest BCUT2D eigenvalue weighted by Crippen LogP contribution is 2.25. The molecule has 0 atom stereocenters. The molecule has 3 aromatic rings. The smallest absolute Gasteiger partial charge is 0.261 e. The number of pyridine rings is 1. The lowest BCUT2D eigenvalue weighted by molar-refractivity contribution is 0.102. The van der Waals surface area contributed by atoms with Gasteiger partial charge in [0.2, 0.25) is 0 Å². The van der Waals surface area contributed by atoms with Crippen molar-refractivity contribution in [3.63, 3.8) is 0 Å². The monoisotopic (exact) mass is 372 g/mol. The van der Waals surface area contributed by atoms with Crippen molar-refractivity contribution >= 4 is 34.8 Å². The Balaban J connectivity index is 1.88. The van der Waals surface area contributed by atoms with Gasteiger partial charge in [-0.3, -0.25) is 9.59 Å². The standard InChI is InChI=1S/C19H14Cl2N2O2/c1-11-2-4-12(5-3-11)16-9-7-14(18(24)22-16)19(25)23-17-10-13(20)6-8-15(17)21/h2-10H,1H3,(H,22,24)(H,23,25). The maximum absolute atomic E-state index is 12.4. The van der Waals surface area contributed by atoms with Crippen LogP contribution in [0.5, 0.6) is 0 Å². The first-order chi connectivity index (χ1) is 11.9. The van der Waals surface area contributed by atoms with E-state index in [0.717, 1.165) is 11.1 Å². The zero-order valence-corrected chi connectivity index (χ0v) is 14.8. The van der Waals surface area contributed by atoms with Gasteiger partial charge < -0.3 is 10.3 Å². The number of carbonyl (C=O) groups is 1. The quantitative estimate of drug-likeness (QED) is 0.685. The van der Waals surface area contributed by atoms with Gasteiger partial charge in [-0.1, -0.05) is 53.0 Å². The number of benzene rings is 2. The van der Waals surface area contributed by atoms with Crippen molar-refractivity contribution in [2.24, 2.45) is 0 Å². The van der Waals surface area contributed by atoms with Crippen molar-refractivity contribution in [3.8, 4) is 11.3 Å². The summed E-state index contributed by atoms with van der Waals surface area (Å²) in [4.78, 5) is 27.4. The van der Waals surface area contributed by atoms with E-state index >= 15 is 0 Å². The highest BCUT2D eigenvalue weighted by molar-refractivity contribution is 6.35. The van der Waals surface area contributed by atoms with Crippen molar-refractivity contribution in [1.29, 1.82) is 0 Å². The number of anilines is 1. The Morgan fingerprint density at radius 2 is 1.72 bits per heavy atom. The highest BCUT2D eigenvalue weighted by atomic mass is 35.5. The molecule has 126 valence electrons. The predicted molar refractivity (Wildman–Crippen MR) is 102 cm³/mol. The molecule has 0 unspecified atom stereocenters. The average Bonchev–Trinajstić information content (AvgIpc) is 2.58. The van der Waals surface area contributed by atoms with E-state index in [1.807, 2.05) is 31.2 Å². The Bertz CT molecular complexity index is 995. The molecule has 0 saturated heterocycles. The summed E-state index contributed by atoms with van der Waals surface area (Å²) >= 11 is 11.9. The van der Waals surface area contributed by atoms with E-state index in [9.17, 15) is 9.59 Å². The second-order valence-electron chi connectivity index (χ2n) is 5.56. The Morgan fingerprint density at radius 3 is 2.40 bits per heavy atom. The zero-order valence-electron chi connectivity index (χ0n) is 13.3. The lowest BCUT2D eigenvalue weighted by atomic mass is 10.1. The summed E-state index contributed by atoms with van der Waals surface area (Å²) in [6.07, 6.45) is 0. The van der Waals surface area contributed by atoms with Crippen LogP contribution in [0, 0.1) is 6.92 Å². The minimum absolute atomic E-state index is 0.00750. The predicted octanol–water partition coefficient (Wildman–Crippen LogP) is 4.91. The first-order valence-corrected chi connectivity index (χ1v) is 8.26. The summed E-state index contributed by atoms with van der Waals surface area (Å²) in [5, 5.41) is 3.37. The van der Waals surface area contributed by atoms with E-state index in [0.29, 0.717) is 21.4 Å². The number of hydrogen-bond donors (Lipinski definition) is 2. The number of nitrogens with one attached hydrogen (secondary N) is 2. The normalized spacial score (nSPS) is 10.5. The molecule has 0 radical (unpaired) electrons. The number of hydrogen-bond acceptors (Lipinski definition) is 2. The fourth-order valence-corrected chi connectivity index (χ4v) is 2.67. The number of aromatic nitrogens is 1. The minimum atomic E-state index is -0.555. The number of halogens is 2. The molecule has 2 aromatic carbocycles. The molecule has 0 aliphatic carbocycles. The maximum atomic E-state index is 12.4. The molecular formula is C19H14Cl2N2O2. The Kier molecular flexibility index (Phi) is 4.93. The van der Waals surface area contributed by atoms with Crippen LogP contribution in [-0.2, 0) is 0 Å². The molecular weight excluding hydrogens is 359 g/mol. The van der Waals surface area contributed by atoms with Crippen molar-refractivity contribution in [1.82, 2.24) is 4.98 Å². The summed E-state index contributed by atoms with van der Waals surface area (Å²) in [6, 6.07) is 15.6. The first kappa shape index (κ1) is 17.3. The number of amides is 1. The molecule has 0 saturated carbocycles. The van der Waals surface area contributed by atoms with Crippen LogP contribution in [0.3, 0.4) is 0 Å². The number of H-pyrrole nitrogens is 1. The van der Waals surface area contributed by atoms with Gasteiger partial charge in [-0.25, -0.2) is 0 Å². The summed E-state index contributed by atoms with van der Waals surface area (Å²) in [6.45, 7) is 1.99. The van der Waals surface area contributed by atoms with Gasteiger partial charge in [0.1, 0.15) is 5.56 Å². The molecule has 1 aromatic heterocycles. The zero-order chi connectivity index (χ0) is 18.0. The van der Waals surface area contributed by atoms with Crippen LogP contribution < -0.4 is 10.9 Å². The molecule has 25 heavy (non-hydrogen) atoms. The molecule has 6 heteroatoms.